The third-order valence-corrected chi connectivity index (χ3v) is 6.56. The summed E-state index contributed by atoms with van der Waals surface area (Å²) < 4.78 is 5.36. The van der Waals surface area contributed by atoms with Crippen molar-refractivity contribution in [1.82, 2.24) is 10.2 Å². The largest absolute Gasteiger partial charge is 0.497 e. The third-order valence-electron chi connectivity index (χ3n) is 6.56. The molecule has 0 amide bonds. The summed E-state index contributed by atoms with van der Waals surface area (Å²) in [6, 6.07) is 39.6. The smallest absolute Gasteiger partial charge is 0.176 e. The number of nitrogens with zero attached hydrogens (tertiary/aromatic N) is 2. The van der Waals surface area contributed by atoms with Crippen LogP contribution in [-0.2, 0) is 5.54 Å². The Balaban J connectivity index is 1.85. The number of aliphatic imine (C=N–C) groups is 1. The van der Waals surface area contributed by atoms with Crippen LogP contribution in [0.4, 0.5) is 5.69 Å². The molecule has 37 heavy (non-hydrogen) atoms. The van der Waals surface area contributed by atoms with Gasteiger partial charge in [-0.15, -0.1) is 0 Å². The van der Waals surface area contributed by atoms with Crippen molar-refractivity contribution in [3.8, 4) is 5.75 Å². The number of methoxy groups -OCH3 is 1. The van der Waals surface area contributed by atoms with Crippen LogP contribution in [0.3, 0.4) is 0 Å². The van der Waals surface area contributed by atoms with E-state index >= 15 is 0 Å². The summed E-state index contributed by atoms with van der Waals surface area (Å²) in [6.45, 7) is 6.04. The predicted molar refractivity (Wildman–Crippen MR) is 154 cm³/mol. The van der Waals surface area contributed by atoms with Gasteiger partial charge in [-0.2, -0.15) is 0 Å². The lowest BCUT2D eigenvalue weighted by Crippen LogP contribution is -2.52. The van der Waals surface area contributed by atoms with Gasteiger partial charge in [0.05, 0.1) is 19.0 Å². The second-order valence-corrected chi connectivity index (χ2v) is 8.75. The molecule has 0 aliphatic heterocycles. The van der Waals surface area contributed by atoms with Gasteiger partial charge in [0, 0.05) is 18.8 Å². The van der Waals surface area contributed by atoms with Crippen molar-refractivity contribution < 1.29 is 4.74 Å². The molecule has 5 nitrogen and oxygen atoms in total. The lowest BCUT2D eigenvalue weighted by molar-refractivity contribution is 0.412. The quantitative estimate of drug-likeness (QED) is 0.105. The first-order valence-electron chi connectivity index (χ1n) is 12.8. The van der Waals surface area contributed by atoms with Crippen molar-refractivity contribution in [2.45, 2.75) is 25.7 Å². The Labute approximate surface area is 220 Å². The Bertz CT molecular complexity index is 1130. The molecule has 0 saturated heterocycles. The molecule has 190 valence electrons. The van der Waals surface area contributed by atoms with E-state index in [4.69, 9.17) is 9.73 Å². The zero-order chi connectivity index (χ0) is 25.9. The molecule has 5 heteroatoms. The molecule has 1 atom stereocenters. The van der Waals surface area contributed by atoms with Gasteiger partial charge < -0.3 is 15.0 Å². The highest BCUT2D eigenvalue weighted by molar-refractivity contribution is 5.57. The van der Waals surface area contributed by atoms with Gasteiger partial charge in [-0.25, -0.2) is 4.99 Å². The summed E-state index contributed by atoms with van der Waals surface area (Å²) >= 11 is 0. The Morgan fingerprint density at radius 3 is 1.59 bits per heavy atom. The lowest BCUT2D eigenvalue weighted by atomic mass is 9.77. The van der Waals surface area contributed by atoms with E-state index in [1.54, 1.807) is 7.11 Å². The van der Waals surface area contributed by atoms with Gasteiger partial charge >= 0.3 is 0 Å². The van der Waals surface area contributed by atoms with Crippen LogP contribution in [-0.4, -0.2) is 37.7 Å². The molecule has 0 radical (unpaired) electrons. The number of hydrogen-bond donors (Lipinski definition) is 2. The van der Waals surface area contributed by atoms with Crippen molar-refractivity contribution >= 4 is 12.0 Å². The van der Waals surface area contributed by atoms with Gasteiger partial charge in [-0.05, 0) is 54.8 Å². The molecule has 0 bridgehead atoms. The minimum atomic E-state index is -0.658. The summed E-state index contributed by atoms with van der Waals surface area (Å²) in [7, 11) is 1.68. The van der Waals surface area contributed by atoms with Crippen molar-refractivity contribution in [2.24, 2.45) is 4.99 Å². The normalized spacial score (nSPS) is 12.3. The van der Waals surface area contributed by atoms with E-state index < -0.39 is 11.8 Å². The van der Waals surface area contributed by atoms with Crippen LogP contribution < -0.4 is 15.4 Å². The summed E-state index contributed by atoms with van der Waals surface area (Å²) in [5, 5.41) is 7.54. The molecule has 0 aliphatic carbocycles. The molecule has 4 rings (SSSR count). The van der Waals surface area contributed by atoms with Gasteiger partial charge in [0.1, 0.15) is 5.75 Å². The Kier molecular flexibility index (Phi) is 8.95. The highest BCUT2D eigenvalue weighted by Crippen LogP contribution is 2.37. The van der Waals surface area contributed by atoms with Gasteiger partial charge in [0.2, 0.25) is 0 Å². The van der Waals surface area contributed by atoms with E-state index in [1.807, 2.05) is 30.6 Å². The maximum Gasteiger partial charge on any atom is 0.176 e. The van der Waals surface area contributed by atoms with Crippen LogP contribution in [0.25, 0.3) is 0 Å². The molecule has 0 fully saturated rings. The summed E-state index contributed by atoms with van der Waals surface area (Å²) in [4.78, 5) is 7.19. The topological polar surface area (TPSA) is 48.9 Å². The Morgan fingerprint density at radius 1 is 0.730 bits per heavy atom. The van der Waals surface area contributed by atoms with Crippen molar-refractivity contribution in [1.29, 1.82) is 0 Å². The van der Waals surface area contributed by atoms with Crippen LogP contribution in [0, 0.1) is 0 Å². The first-order valence-corrected chi connectivity index (χ1v) is 12.8. The van der Waals surface area contributed by atoms with E-state index in [9.17, 15) is 0 Å². The number of ether oxygens (including phenoxy) is 1. The number of hydrogen-bond acceptors (Lipinski definition) is 4. The van der Waals surface area contributed by atoms with E-state index in [1.165, 1.54) is 0 Å². The molecule has 4 aromatic rings. The van der Waals surface area contributed by atoms with Crippen LogP contribution in [0.2, 0.25) is 0 Å². The molecule has 0 saturated carbocycles. The molecule has 2 N–H and O–H groups in total. The molecule has 0 aliphatic rings. The molecular formula is C32H36N4O. The fourth-order valence-electron chi connectivity index (χ4n) is 4.52. The standard InChI is InChI=1S/C32H36N4O/c1-4-36(5-2)25-33-31(34-29-21-23-30(37-3)24-22-29)35-32(26-15-9-6-10-16-26,27-17-11-7-12-18-27)28-19-13-8-14-20-28/h6-25,31,34-35H,4-5H2,1-3H3/b33-25+. The zero-order valence-corrected chi connectivity index (χ0v) is 21.8. The van der Waals surface area contributed by atoms with Crippen LogP contribution in [0.1, 0.15) is 30.5 Å². The fourth-order valence-corrected chi connectivity index (χ4v) is 4.52. The van der Waals surface area contributed by atoms with Gasteiger partial charge in [-0.3, -0.25) is 5.32 Å². The van der Waals surface area contributed by atoms with E-state index in [2.05, 4.69) is 120 Å². The van der Waals surface area contributed by atoms with E-state index in [0.29, 0.717) is 0 Å². The minimum Gasteiger partial charge on any atom is -0.497 e. The molecule has 0 spiro atoms. The van der Waals surface area contributed by atoms with Crippen LogP contribution in [0.15, 0.2) is 120 Å². The van der Waals surface area contributed by atoms with E-state index in [-0.39, 0.29) is 0 Å². The van der Waals surface area contributed by atoms with Gasteiger partial charge in [0.15, 0.2) is 6.29 Å². The first kappa shape index (κ1) is 26.0. The van der Waals surface area contributed by atoms with Crippen molar-refractivity contribution in [3.63, 3.8) is 0 Å². The summed E-state index contributed by atoms with van der Waals surface area (Å²) in [5.74, 6) is 0.814. The molecule has 0 aromatic heterocycles. The predicted octanol–water partition coefficient (Wildman–Crippen LogP) is 6.34. The summed E-state index contributed by atoms with van der Waals surface area (Å²) in [5.41, 5.74) is 3.68. The third kappa shape index (κ3) is 6.19. The fraction of sp³-hybridized carbons (Fsp3) is 0.219. The molecule has 0 heterocycles. The first-order chi connectivity index (χ1) is 18.2. The minimum absolute atomic E-state index is 0.436. The zero-order valence-electron chi connectivity index (χ0n) is 21.8. The highest BCUT2D eigenvalue weighted by atomic mass is 16.5. The molecule has 1 unspecified atom stereocenters. The van der Waals surface area contributed by atoms with Crippen molar-refractivity contribution in [3.05, 3.63) is 132 Å². The second kappa shape index (κ2) is 12.7. The van der Waals surface area contributed by atoms with E-state index in [0.717, 1.165) is 41.2 Å². The summed E-state index contributed by atoms with van der Waals surface area (Å²) in [6.07, 6.45) is 1.49. The molecular weight excluding hydrogens is 456 g/mol. The monoisotopic (exact) mass is 492 g/mol. The number of rotatable bonds is 12. The van der Waals surface area contributed by atoms with Crippen molar-refractivity contribution in [2.75, 3.05) is 25.5 Å². The molecule has 4 aromatic carbocycles. The Morgan fingerprint density at radius 2 is 1.19 bits per heavy atom. The van der Waals surface area contributed by atoms with Gasteiger partial charge in [0.25, 0.3) is 0 Å². The second-order valence-electron chi connectivity index (χ2n) is 8.75. The average Bonchev–Trinajstić information content (AvgIpc) is 2.98. The average molecular weight is 493 g/mol. The maximum absolute atomic E-state index is 5.36. The Hall–Kier alpha value is -4.09. The lowest BCUT2D eigenvalue weighted by Gasteiger charge is -2.39. The maximum atomic E-state index is 5.36. The SMILES string of the molecule is CCN(/C=N/C(Nc1ccc(OC)cc1)NC(c1ccccc1)(c1ccccc1)c1ccccc1)CC. The van der Waals surface area contributed by atoms with Crippen LogP contribution >= 0.6 is 0 Å². The highest BCUT2D eigenvalue weighted by Gasteiger charge is 2.38. The number of benzene rings is 4. The van der Waals surface area contributed by atoms with Crippen LogP contribution in [0.5, 0.6) is 5.75 Å². The number of nitrogens with one attached hydrogen (secondary N) is 2. The van der Waals surface area contributed by atoms with Gasteiger partial charge in [-0.1, -0.05) is 91.0 Å². The number of anilines is 1.